The highest BCUT2D eigenvalue weighted by Crippen LogP contribution is 2.14. The SMILES string of the molecule is CCCCCCCCCCCCCCCCCC(=O)N[C@@H](CCC(=O)NC(CCC(=O)NCCOCCOCC(=O)NCCOCCOCC(=O)NCCCCC(NO)C(=O)O)C(=O)O)C(=O)O. The minimum absolute atomic E-state index is 0.105. The molecule has 0 aliphatic heterocycles. The number of carboxylic acid groups (broad SMARTS) is 3. The van der Waals surface area contributed by atoms with Crippen LogP contribution in [-0.4, -0.2) is 159 Å². The zero-order valence-corrected chi connectivity index (χ0v) is 40.5. The highest BCUT2D eigenvalue weighted by molar-refractivity contribution is 5.86. The number of hydrogen-bond donors (Lipinski definition) is 10. The first-order valence-electron chi connectivity index (χ1n) is 24.6. The van der Waals surface area contributed by atoms with E-state index in [1.165, 1.54) is 70.6 Å². The zero-order chi connectivity index (χ0) is 50.5. The lowest BCUT2D eigenvalue weighted by molar-refractivity contribution is -0.143. The predicted octanol–water partition coefficient (Wildman–Crippen LogP) is 2.96. The number of hydrogen-bond acceptors (Lipinski definition) is 14. The maximum atomic E-state index is 12.5. The maximum Gasteiger partial charge on any atom is 0.326 e. The molecule has 0 saturated carbocycles. The molecule has 0 saturated heterocycles. The zero-order valence-electron chi connectivity index (χ0n) is 40.5. The molecule has 0 aromatic carbocycles. The number of carbonyl (C=O) groups is 8. The van der Waals surface area contributed by atoms with Gasteiger partial charge in [-0.2, -0.15) is 5.48 Å². The molecule has 0 radical (unpaired) electrons. The third kappa shape index (κ3) is 40.6. The Kier molecular flexibility index (Phi) is 42.0. The Labute approximate surface area is 401 Å². The quantitative estimate of drug-likeness (QED) is 0.0309. The van der Waals surface area contributed by atoms with Crippen molar-refractivity contribution < 1.29 is 77.8 Å². The molecule has 0 bridgehead atoms. The van der Waals surface area contributed by atoms with Crippen LogP contribution in [0.25, 0.3) is 0 Å². The molecule has 3 atom stereocenters. The molecule has 0 fully saturated rings. The molecular formula is C46H84N6O16. The summed E-state index contributed by atoms with van der Waals surface area (Å²) in [4.78, 5) is 95.2. The molecule has 394 valence electrons. The summed E-state index contributed by atoms with van der Waals surface area (Å²) in [5, 5.41) is 49.3. The van der Waals surface area contributed by atoms with Crippen molar-refractivity contribution in [2.24, 2.45) is 0 Å². The fraction of sp³-hybridized carbons (Fsp3) is 0.826. The van der Waals surface area contributed by atoms with Crippen molar-refractivity contribution in [2.45, 2.75) is 173 Å². The number of aliphatic carboxylic acids is 3. The van der Waals surface area contributed by atoms with Gasteiger partial charge in [-0.05, 0) is 38.5 Å². The highest BCUT2D eigenvalue weighted by atomic mass is 16.5. The van der Waals surface area contributed by atoms with Gasteiger partial charge >= 0.3 is 17.9 Å². The summed E-state index contributed by atoms with van der Waals surface area (Å²) in [6.45, 7) is 3.45. The second-order valence-electron chi connectivity index (χ2n) is 16.6. The highest BCUT2D eigenvalue weighted by Gasteiger charge is 2.24. The Morgan fingerprint density at radius 3 is 1.21 bits per heavy atom. The number of carbonyl (C=O) groups excluding carboxylic acids is 5. The van der Waals surface area contributed by atoms with Crippen LogP contribution >= 0.6 is 0 Å². The summed E-state index contributed by atoms with van der Waals surface area (Å²) in [5.74, 6) is -6.12. The first-order valence-corrected chi connectivity index (χ1v) is 24.6. The van der Waals surface area contributed by atoms with Gasteiger partial charge in [0.15, 0.2) is 0 Å². The summed E-state index contributed by atoms with van der Waals surface area (Å²) in [6, 6.07) is -3.74. The standard InChI is InChI=1S/C46H84N6O16/c1-2-3-4-5-6-7-8-9-10-11-12-13-14-15-16-20-40(54)50-37(45(60)61)22-24-41(55)51-36(44(58)59)21-23-39(53)48-26-28-65-30-33-68-35-43(57)49-27-29-66-31-32-67-34-42(56)47-25-18-17-19-38(52-64)46(62)63/h36-38,52,64H,2-35H2,1H3,(H,47,56)(H,48,53)(H,49,57)(H,50,54)(H,51,55)(H,58,59)(H,60,61)(H,62,63)/t36?,37-,38?/m0/s1. The summed E-state index contributed by atoms with van der Waals surface area (Å²) >= 11 is 0. The Balaban J connectivity index is 3.93. The number of hydroxylamine groups is 1. The van der Waals surface area contributed by atoms with Crippen molar-refractivity contribution in [3.63, 3.8) is 0 Å². The molecule has 2 unspecified atom stereocenters. The molecule has 68 heavy (non-hydrogen) atoms. The minimum Gasteiger partial charge on any atom is -0.480 e. The third-order valence-electron chi connectivity index (χ3n) is 10.6. The number of carboxylic acids is 3. The average Bonchev–Trinajstić information content (AvgIpc) is 3.30. The van der Waals surface area contributed by atoms with Crippen molar-refractivity contribution in [1.29, 1.82) is 0 Å². The number of unbranched alkanes of at least 4 members (excludes halogenated alkanes) is 15. The number of ether oxygens (including phenoxy) is 4. The van der Waals surface area contributed by atoms with Crippen molar-refractivity contribution in [2.75, 3.05) is 72.5 Å². The summed E-state index contributed by atoms with van der Waals surface area (Å²) in [6.07, 6.45) is 18.3. The number of amides is 5. The van der Waals surface area contributed by atoms with Gasteiger partial charge in [0.1, 0.15) is 31.3 Å². The van der Waals surface area contributed by atoms with Crippen LogP contribution in [0.4, 0.5) is 0 Å². The molecule has 0 aliphatic rings. The molecule has 0 aliphatic carbocycles. The van der Waals surface area contributed by atoms with E-state index in [9.17, 15) is 48.6 Å². The van der Waals surface area contributed by atoms with Crippen LogP contribution in [0, 0.1) is 0 Å². The van der Waals surface area contributed by atoms with Crippen LogP contribution in [0.15, 0.2) is 0 Å². The molecule has 22 heteroatoms. The Hall–Kier alpha value is -4.48. The molecule has 0 aromatic heterocycles. The largest absolute Gasteiger partial charge is 0.480 e. The fourth-order valence-corrected chi connectivity index (χ4v) is 6.69. The van der Waals surface area contributed by atoms with E-state index in [0.29, 0.717) is 25.8 Å². The van der Waals surface area contributed by atoms with Gasteiger partial charge in [-0.1, -0.05) is 96.8 Å². The van der Waals surface area contributed by atoms with Crippen LogP contribution in [0.1, 0.15) is 155 Å². The fourth-order valence-electron chi connectivity index (χ4n) is 6.69. The van der Waals surface area contributed by atoms with Crippen molar-refractivity contribution in [3.8, 4) is 0 Å². The number of rotatable bonds is 49. The van der Waals surface area contributed by atoms with Crippen LogP contribution in [0.5, 0.6) is 0 Å². The van der Waals surface area contributed by atoms with Gasteiger partial charge in [-0.15, -0.1) is 0 Å². The predicted molar refractivity (Wildman–Crippen MR) is 250 cm³/mol. The van der Waals surface area contributed by atoms with Crippen LogP contribution < -0.4 is 32.1 Å². The van der Waals surface area contributed by atoms with E-state index in [4.69, 9.17) is 29.3 Å². The first kappa shape index (κ1) is 63.5. The molecule has 22 nitrogen and oxygen atoms in total. The van der Waals surface area contributed by atoms with E-state index in [-0.39, 0.29) is 116 Å². The van der Waals surface area contributed by atoms with Gasteiger partial charge in [0.2, 0.25) is 29.5 Å². The smallest absolute Gasteiger partial charge is 0.326 e. The van der Waals surface area contributed by atoms with Gasteiger partial charge < -0.3 is 66.1 Å². The Bertz CT molecular complexity index is 1390. The summed E-state index contributed by atoms with van der Waals surface area (Å²) < 4.78 is 21.2. The van der Waals surface area contributed by atoms with Gasteiger partial charge in [0.25, 0.3) is 0 Å². The molecule has 0 spiro atoms. The van der Waals surface area contributed by atoms with E-state index in [0.717, 1.165) is 19.3 Å². The topological polar surface area (TPSA) is 327 Å². The lowest BCUT2D eigenvalue weighted by atomic mass is 10.0. The first-order chi connectivity index (χ1) is 32.8. The van der Waals surface area contributed by atoms with E-state index >= 15 is 0 Å². The Morgan fingerprint density at radius 1 is 0.382 bits per heavy atom. The lowest BCUT2D eigenvalue weighted by Crippen LogP contribution is -2.44. The van der Waals surface area contributed by atoms with Crippen molar-refractivity contribution in [3.05, 3.63) is 0 Å². The molecule has 5 amide bonds. The minimum atomic E-state index is -1.38. The second kappa shape index (κ2) is 45.0. The van der Waals surface area contributed by atoms with Crippen LogP contribution in [0.3, 0.4) is 0 Å². The molecule has 0 heterocycles. The lowest BCUT2D eigenvalue weighted by Gasteiger charge is -2.17. The molecule has 0 rings (SSSR count). The van der Waals surface area contributed by atoms with Crippen LogP contribution in [-0.2, 0) is 57.3 Å². The van der Waals surface area contributed by atoms with Crippen LogP contribution in [0.2, 0.25) is 0 Å². The number of nitrogens with one attached hydrogen (secondary N) is 6. The Morgan fingerprint density at radius 2 is 0.765 bits per heavy atom. The van der Waals surface area contributed by atoms with E-state index in [1.807, 2.05) is 0 Å². The molecular weight excluding hydrogens is 893 g/mol. The van der Waals surface area contributed by atoms with Gasteiger partial charge in [-0.25, -0.2) is 9.59 Å². The van der Waals surface area contributed by atoms with Gasteiger partial charge in [0, 0.05) is 38.9 Å². The van der Waals surface area contributed by atoms with E-state index in [2.05, 4.69) is 33.5 Å². The second-order valence-corrected chi connectivity index (χ2v) is 16.6. The van der Waals surface area contributed by atoms with E-state index < -0.39 is 53.8 Å². The van der Waals surface area contributed by atoms with Crippen molar-refractivity contribution >= 4 is 47.4 Å². The molecule has 0 aromatic rings. The van der Waals surface area contributed by atoms with Crippen molar-refractivity contribution in [1.82, 2.24) is 32.1 Å². The third-order valence-corrected chi connectivity index (χ3v) is 10.6. The monoisotopic (exact) mass is 977 g/mol. The molecule has 10 N–H and O–H groups in total. The summed E-state index contributed by atoms with van der Waals surface area (Å²) in [5.41, 5.74) is 1.72. The summed E-state index contributed by atoms with van der Waals surface area (Å²) in [7, 11) is 0. The van der Waals surface area contributed by atoms with Gasteiger partial charge in [-0.3, -0.25) is 28.8 Å². The van der Waals surface area contributed by atoms with E-state index in [1.54, 1.807) is 5.48 Å². The average molecular weight is 977 g/mol. The van der Waals surface area contributed by atoms with Gasteiger partial charge in [0.05, 0.1) is 39.6 Å². The maximum absolute atomic E-state index is 12.5. The normalized spacial score (nSPS) is 12.4.